The van der Waals surface area contributed by atoms with Crippen LogP contribution in [0.2, 0.25) is 0 Å². The number of nitrogens with zero attached hydrogens (tertiary/aromatic N) is 1. The SMILES string of the molecule is CCOc1ccccc1CNC(=O)C1CCN(S(=O)(=O)Cc2ccccc2C)CC1. The second kappa shape index (κ2) is 10.1. The number of ether oxygens (including phenoxy) is 1. The smallest absolute Gasteiger partial charge is 0.223 e. The van der Waals surface area contributed by atoms with Crippen LogP contribution in [-0.2, 0) is 27.1 Å². The van der Waals surface area contributed by atoms with Gasteiger partial charge in [0, 0.05) is 31.1 Å². The Morgan fingerprint density at radius 1 is 1.07 bits per heavy atom. The first-order chi connectivity index (χ1) is 14.4. The van der Waals surface area contributed by atoms with Gasteiger partial charge in [0.25, 0.3) is 0 Å². The average molecular weight is 431 g/mol. The van der Waals surface area contributed by atoms with E-state index in [0.717, 1.165) is 22.4 Å². The van der Waals surface area contributed by atoms with E-state index in [2.05, 4.69) is 5.32 Å². The van der Waals surface area contributed by atoms with Crippen LogP contribution in [0.3, 0.4) is 0 Å². The Morgan fingerprint density at radius 2 is 1.70 bits per heavy atom. The highest BCUT2D eigenvalue weighted by atomic mass is 32.2. The molecule has 1 aliphatic heterocycles. The van der Waals surface area contributed by atoms with Gasteiger partial charge in [-0.05, 0) is 43.9 Å². The third kappa shape index (κ3) is 5.61. The van der Waals surface area contributed by atoms with E-state index >= 15 is 0 Å². The number of piperidine rings is 1. The first-order valence-electron chi connectivity index (χ1n) is 10.4. The summed E-state index contributed by atoms with van der Waals surface area (Å²) in [7, 11) is -3.39. The van der Waals surface area contributed by atoms with Crippen LogP contribution >= 0.6 is 0 Å². The highest BCUT2D eigenvalue weighted by Crippen LogP contribution is 2.23. The molecule has 6 nitrogen and oxygen atoms in total. The summed E-state index contributed by atoms with van der Waals surface area (Å²) >= 11 is 0. The molecule has 0 atom stereocenters. The molecule has 1 saturated heterocycles. The maximum atomic E-state index is 12.8. The monoisotopic (exact) mass is 430 g/mol. The van der Waals surface area contributed by atoms with E-state index in [1.165, 1.54) is 4.31 Å². The summed E-state index contributed by atoms with van der Waals surface area (Å²) < 4.78 is 32.7. The van der Waals surface area contributed by atoms with E-state index in [9.17, 15) is 13.2 Å². The minimum Gasteiger partial charge on any atom is -0.494 e. The van der Waals surface area contributed by atoms with Crippen molar-refractivity contribution in [3.05, 3.63) is 65.2 Å². The number of rotatable bonds is 8. The van der Waals surface area contributed by atoms with Gasteiger partial charge in [-0.15, -0.1) is 0 Å². The zero-order valence-electron chi connectivity index (χ0n) is 17.6. The van der Waals surface area contributed by atoms with E-state index in [-0.39, 0.29) is 17.6 Å². The van der Waals surface area contributed by atoms with E-state index in [0.29, 0.717) is 39.1 Å². The summed E-state index contributed by atoms with van der Waals surface area (Å²) in [6.07, 6.45) is 1.07. The molecule has 0 radical (unpaired) electrons. The fraction of sp³-hybridized carbons (Fsp3) is 0.435. The number of sulfonamides is 1. The highest BCUT2D eigenvalue weighted by Gasteiger charge is 2.31. The predicted octanol–water partition coefficient (Wildman–Crippen LogP) is 3.25. The van der Waals surface area contributed by atoms with Crippen molar-refractivity contribution in [2.24, 2.45) is 5.92 Å². The third-order valence-electron chi connectivity index (χ3n) is 5.54. The van der Waals surface area contributed by atoms with Crippen LogP contribution in [0.25, 0.3) is 0 Å². The maximum Gasteiger partial charge on any atom is 0.223 e. The standard InChI is InChI=1S/C23H30N2O4S/c1-3-29-22-11-7-6-9-20(22)16-24-23(26)19-12-14-25(15-13-19)30(27,28)17-21-10-5-4-8-18(21)2/h4-11,19H,3,12-17H2,1-2H3,(H,24,26). The van der Waals surface area contributed by atoms with Crippen LogP contribution < -0.4 is 10.1 Å². The first kappa shape index (κ1) is 22.3. The summed E-state index contributed by atoms with van der Waals surface area (Å²) in [6.45, 7) is 5.58. The maximum absolute atomic E-state index is 12.8. The number of nitrogens with one attached hydrogen (secondary N) is 1. The van der Waals surface area contributed by atoms with Gasteiger partial charge in [0.15, 0.2) is 0 Å². The molecule has 0 aromatic heterocycles. The number of hydrogen-bond acceptors (Lipinski definition) is 4. The van der Waals surface area contributed by atoms with Crippen molar-refractivity contribution in [2.45, 2.75) is 39.0 Å². The predicted molar refractivity (Wildman–Crippen MR) is 118 cm³/mol. The van der Waals surface area contributed by atoms with Gasteiger partial charge in [-0.25, -0.2) is 12.7 Å². The van der Waals surface area contributed by atoms with Crippen LogP contribution in [0.1, 0.15) is 36.5 Å². The lowest BCUT2D eigenvalue weighted by Gasteiger charge is -2.30. The Bertz CT molecular complexity index is 967. The average Bonchev–Trinajstić information content (AvgIpc) is 2.75. The zero-order valence-corrected chi connectivity index (χ0v) is 18.5. The Kier molecular flexibility index (Phi) is 7.50. The zero-order chi connectivity index (χ0) is 21.6. The molecule has 0 saturated carbocycles. The van der Waals surface area contributed by atoms with Crippen molar-refractivity contribution in [3.8, 4) is 5.75 Å². The Labute approximate surface area is 179 Å². The molecule has 162 valence electrons. The summed E-state index contributed by atoms with van der Waals surface area (Å²) in [6, 6.07) is 15.2. The molecule has 2 aromatic rings. The Morgan fingerprint density at radius 3 is 2.37 bits per heavy atom. The van der Waals surface area contributed by atoms with Crippen LogP contribution in [0.5, 0.6) is 5.75 Å². The third-order valence-corrected chi connectivity index (χ3v) is 7.37. The van der Waals surface area contributed by atoms with Crippen LogP contribution in [0, 0.1) is 12.8 Å². The molecular weight excluding hydrogens is 400 g/mol. The molecule has 0 aliphatic carbocycles. The van der Waals surface area contributed by atoms with Crippen LogP contribution in [-0.4, -0.2) is 38.3 Å². The molecule has 0 spiro atoms. The van der Waals surface area contributed by atoms with Gasteiger partial charge in [-0.1, -0.05) is 42.5 Å². The lowest BCUT2D eigenvalue weighted by atomic mass is 9.97. The number of carbonyl (C=O) groups is 1. The van der Waals surface area contributed by atoms with Crippen molar-refractivity contribution in [1.29, 1.82) is 0 Å². The van der Waals surface area contributed by atoms with Crippen molar-refractivity contribution >= 4 is 15.9 Å². The quantitative estimate of drug-likeness (QED) is 0.698. The molecule has 1 fully saturated rings. The molecule has 0 bridgehead atoms. The summed E-state index contributed by atoms with van der Waals surface area (Å²) in [5.74, 6) is 0.578. The van der Waals surface area contributed by atoms with Gasteiger partial charge in [0.1, 0.15) is 5.75 Å². The molecule has 1 N–H and O–H groups in total. The molecular formula is C23H30N2O4S. The van der Waals surface area contributed by atoms with Gasteiger partial charge < -0.3 is 10.1 Å². The van der Waals surface area contributed by atoms with Crippen LogP contribution in [0.4, 0.5) is 0 Å². The fourth-order valence-electron chi connectivity index (χ4n) is 3.73. The minimum atomic E-state index is -3.39. The number of amides is 1. The first-order valence-corrected chi connectivity index (χ1v) is 12.0. The number of hydrogen-bond donors (Lipinski definition) is 1. The van der Waals surface area contributed by atoms with Gasteiger partial charge >= 0.3 is 0 Å². The number of benzene rings is 2. The molecule has 1 aliphatic rings. The van der Waals surface area contributed by atoms with Crippen molar-refractivity contribution in [3.63, 3.8) is 0 Å². The van der Waals surface area contributed by atoms with Crippen molar-refractivity contribution in [1.82, 2.24) is 9.62 Å². The van der Waals surface area contributed by atoms with Gasteiger partial charge in [-0.2, -0.15) is 0 Å². The van der Waals surface area contributed by atoms with E-state index in [1.54, 1.807) is 0 Å². The molecule has 1 heterocycles. The van der Waals surface area contributed by atoms with E-state index < -0.39 is 10.0 Å². The molecule has 7 heteroatoms. The molecule has 0 unspecified atom stereocenters. The fourth-order valence-corrected chi connectivity index (χ4v) is 5.40. The summed E-state index contributed by atoms with van der Waals surface area (Å²) in [4.78, 5) is 12.6. The summed E-state index contributed by atoms with van der Waals surface area (Å²) in [5.41, 5.74) is 2.74. The summed E-state index contributed by atoms with van der Waals surface area (Å²) in [5, 5.41) is 2.98. The van der Waals surface area contributed by atoms with Crippen molar-refractivity contribution in [2.75, 3.05) is 19.7 Å². The van der Waals surface area contributed by atoms with E-state index in [1.807, 2.05) is 62.4 Å². The highest BCUT2D eigenvalue weighted by molar-refractivity contribution is 7.88. The van der Waals surface area contributed by atoms with Gasteiger partial charge in [0.2, 0.25) is 15.9 Å². The van der Waals surface area contributed by atoms with Gasteiger partial charge in [-0.3, -0.25) is 4.79 Å². The number of aryl methyl sites for hydroxylation is 1. The second-order valence-corrected chi connectivity index (χ2v) is 9.58. The largest absolute Gasteiger partial charge is 0.494 e. The molecule has 30 heavy (non-hydrogen) atoms. The molecule has 3 rings (SSSR count). The Hall–Kier alpha value is -2.38. The minimum absolute atomic E-state index is 0.00471. The Balaban J connectivity index is 1.52. The number of para-hydroxylation sites is 1. The second-order valence-electron chi connectivity index (χ2n) is 7.61. The van der Waals surface area contributed by atoms with Crippen LogP contribution in [0.15, 0.2) is 48.5 Å². The van der Waals surface area contributed by atoms with Gasteiger partial charge in [0.05, 0.1) is 12.4 Å². The van der Waals surface area contributed by atoms with E-state index in [4.69, 9.17) is 4.74 Å². The molecule has 2 aromatic carbocycles. The normalized spacial score (nSPS) is 15.7. The van der Waals surface area contributed by atoms with Crippen molar-refractivity contribution < 1.29 is 17.9 Å². The lowest BCUT2D eigenvalue weighted by molar-refractivity contribution is -0.126. The molecule has 1 amide bonds. The topological polar surface area (TPSA) is 75.7 Å². The number of carbonyl (C=O) groups excluding carboxylic acids is 1. The lowest BCUT2D eigenvalue weighted by Crippen LogP contribution is -2.43.